The van der Waals surface area contributed by atoms with Gasteiger partial charge in [0.25, 0.3) is 0 Å². The van der Waals surface area contributed by atoms with Gasteiger partial charge in [0.15, 0.2) is 0 Å². The SMILES string of the molecule is CCCCc1ccc(OC2CCCC2O)cc1. The summed E-state index contributed by atoms with van der Waals surface area (Å²) in [4.78, 5) is 0. The third kappa shape index (κ3) is 3.47. The molecule has 0 heterocycles. The first-order chi connectivity index (χ1) is 8.29. The van der Waals surface area contributed by atoms with Crippen molar-refractivity contribution >= 4 is 0 Å². The molecule has 0 bridgehead atoms. The van der Waals surface area contributed by atoms with Crippen molar-refractivity contribution in [2.75, 3.05) is 0 Å². The van der Waals surface area contributed by atoms with Crippen LogP contribution >= 0.6 is 0 Å². The molecule has 1 aromatic carbocycles. The van der Waals surface area contributed by atoms with Gasteiger partial charge in [-0.1, -0.05) is 25.5 Å². The highest BCUT2D eigenvalue weighted by Gasteiger charge is 2.26. The van der Waals surface area contributed by atoms with Crippen LogP contribution < -0.4 is 4.74 Å². The Balaban J connectivity index is 1.89. The predicted octanol–water partition coefficient (Wildman–Crippen LogP) is 3.32. The van der Waals surface area contributed by atoms with Crippen LogP contribution in [0.4, 0.5) is 0 Å². The van der Waals surface area contributed by atoms with Crippen LogP contribution in [-0.2, 0) is 6.42 Å². The van der Waals surface area contributed by atoms with Crippen LogP contribution in [0.1, 0.15) is 44.6 Å². The Morgan fingerprint density at radius 1 is 1.24 bits per heavy atom. The first-order valence-electron chi connectivity index (χ1n) is 6.73. The Bertz CT molecular complexity index is 331. The number of hydrogen-bond acceptors (Lipinski definition) is 2. The maximum atomic E-state index is 9.70. The van der Waals surface area contributed by atoms with Gasteiger partial charge in [0, 0.05) is 0 Å². The molecule has 1 aromatic rings. The van der Waals surface area contributed by atoms with Crippen molar-refractivity contribution in [3.8, 4) is 5.75 Å². The first kappa shape index (κ1) is 12.4. The number of unbranched alkanes of at least 4 members (excludes halogenated alkanes) is 1. The summed E-state index contributed by atoms with van der Waals surface area (Å²) in [6, 6.07) is 8.31. The second-order valence-corrected chi connectivity index (χ2v) is 4.90. The smallest absolute Gasteiger partial charge is 0.124 e. The van der Waals surface area contributed by atoms with Crippen molar-refractivity contribution in [1.29, 1.82) is 0 Å². The minimum atomic E-state index is -0.283. The van der Waals surface area contributed by atoms with E-state index < -0.39 is 0 Å². The zero-order valence-electron chi connectivity index (χ0n) is 10.6. The topological polar surface area (TPSA) is 29.5 Å². The molecular weight excluding hydrogens is 212 g/mol. The van der Waals surface area contributed by atoms with Gasteiger partial charge in [-0.25, -0.2) is 0 Å². The van der Waals surface area contributed by atoms with E-state index in [1.165, 1.54) is 18.4 Å². The fourth-order valence-electron chi connectivity index (χ4n) is 2.33. The summed E-state index contributed by atoms with van der Waals surface area (Å²) in [5, 5.41) is 9.70. The molecule has 0 spiro atoms. The monoisotopic (exact) mass is 234 g/mol. The molecule has 94 valence electrons. The molecule has 1 aliphatic rings. The fraction of sp³-hybridized carbons (Fsp3) is 0.600. The quantitative estimate of drug-likeness (QED) is 0.847. The maximum absolute atomic E-state index is 9.70. The Hall–Kier alpha value is -1.02. The van der Waals surface area contributed by atoms with E-state index >= 15 is 0 Å². The molecule has 2 atom stereocenters. The number of aliphatic hydroxyl groups excluding tert-OH is 1. The molecule has 1 aliphatic carbocycles. The van der Waals surface area contributed by atoms with Crippen molar-refractivity contribution in [2.24, 2.45) is 0 Å². The van der Waals surface area contributed by atoms with E-state index in [9.17, 15) is 5.11 Å². The summed E-state index contributed by atoms with van der Waals surface area (Å²) in [7, 11) is 0. The predicted molar refractivity (Wildman–Crippen MR) is 69.3 cm³/mol. The molecule has 0 amide bonds. The zero-order valence-corrected chi connectivity index (χ0v) is 10.6. The molecular formula is C15H22O2. The van der Waals surface area contributed by atoms with Crippen molar-refractivity contribution < 1.29 is 9.84 Å². The van der Waals surface area contributed by atoms with Crippen LogP contribution in [0.25, 0.3) is 0 Å². The summed E-state index contributed by atoms with van der Waals surface area (Å²) in [5.74, 6) is 0.885. The van der Waals surface area contributed by atoms with E-state index in [1.807, 2.05) is 12.1 Å². The third-order valence-corrected chi connectivity index (χ3v) is 3.45. The summed E-state index contributed by atoms with van der Waals surface area (Å²) in [6.07, 6.45) is 6.24. The Labute approximate surface area is 104 Å². The lowest BCUT2D eigenvalue weighted by atomic mass is 10.1. The molecule has 0 saturated heterocycles. The van der Waals surface area contributed by atoms with Gasteiger partial charge in [-0.3, -0.25) is 0 Å². The summed E-state index contributed by atoms with van der Waals surface area (Å²) in [5.41, 5.74) is 1.37. The minimum absolute atomic E-state index is 0.00325. The first-order valence-corrected chi connectivity index (χ1v) is 6.73. The standard InChI is InChI=1S/C15H22O2/c1-2-3-5-12-8-10-13(11-9-12)17-15-7-4-6-14(15)16/h8-11,14-16H,2-7H2,1H3. The van der Waals surface area contributed by atoms with Gasteiger partial charge in [-0.15, -0.1) is 0 Å². The number of rotatable bonds is 5. The van der Waals surface area contributed by atoms with E-state index in [4.69, 9.17) is 4.74 Å². The number of hydrogen-bond donors (Lipinski definition) is 1. The van der Waals surface area contributed by atoms with Gasteiger partial charge in [-0.05, 0) is 49.8 Å². The lowest BCUT2D eigenvalue weighted by Gasteiger charge is -2.17. The third-order valence-electron chi connectivity index (χ3n) is 3.45. The van der Waals surface area contributed by atoms with Crippen molar-refractivity contribution in [1.82, 2.24) is 0 Å². The van der Waals surface area contributed by atoms with Crippen LogP contribution in [0.15, 0.2) is 24.3 Å². The molecule has 0 radical (unpaired) electrons. The molecule has 2 heteroatoms. The van der Waals surface area contributed by atoms with Crippen LogP contribution in [0.3, 0.4) is 0 Å². The zero-order chi connectivity index (χ0) is 12.1. The van der Waals surface area contributed by atoms with Gasteiger partial charge in [-0.2, -0.15) is 0 Å². The molecule has 1 N–H and O–H groups in total. The highest BCUT2D eigenvalue weighted by atomic mass is 16.5. The number of aryl methyl sites for hydroxylation is 1. The van der Waals surface area contributed by atoms with E-state index in [2.05, 4.69) is 19.1 Å². The van der Waals surface area contributed by atoms with Crippen LogP contribution in [0, 0.1) is 0 Å². The molecule has 0 aromatic heterocycles. The lowest BCUT2D eigenvalue weighted by Crippen LogP contribution is -2.25. The largest absolute Gasteiger partial charge is 0.488 e. The second kappa shape index (κ2) is 6.06. The molecule has 1 fully saturated rings. The normalized spacial score (nSPS) is 23.9. The summed E-state index contributed by atoms with van der Waals surface area (Å²) in [6.45, 7) is 2.21. The molecule has 2 unspecified atom stereocenters. The molecule has 1 saturated carbocycles. The van der Waals surface area contributed by atoms with Gasteiger partial charge in [0.1, 0.15) is 11.9 Å². The Morgan fingerprint density at radius 2 is 2.00 bits per heavy atom. The number of aliphatic hydroxyl groups is 1. The second-order valence-electron chi connectivity index (χ2n) is 4.90. The summed E-state index contributed by atoms with van der Waals surface area (Å²) >= 11 is 0. The van der Waals surface area contributed by atoms with Gasteiger partial charge < -0.3 is 9.84 Å². The Kier molecular flexibility index (Phi) is 4.43. The molecule has 0 aliphatic heterocycles. The average molecular weight is 234 g/mol. The van der Waals surface area contributed by atoms with E-state index in [-0.39, 0.29) is 12.2 Å². The van der Waals surface area contributed by atoms with Crippen LogP contribution in [-0.4, -0.2) is 17.3 Å². The van der Waals surface area contributed by atoms with Crippen molar-refractivity contribution in [3.63, 3.8) is 0 Å². The molecule has 2 nitrogen and oxygen atoms in total. The molecule has 17 heavy (non-hydrogen) atoms. The number of benzene rings is 1. The lowest BCUT2D eigenvalue weighted by molar-refractivity contribution is 0.0604. The van der Waals surface area contributed by atoms with E-state index in [1.54, 1.807) is 0 Å². The highest BCUT2D eigenvalue weighted by Crippen LogP contribution is 2.25. The van der Waals surface area contributed by atoms with Gasteiger partial charge >= 0.3 is 0 Å². The van der Waals surface area contributed by atoms with E-state index in [0.29, 0.717) is 0 Å². The van der Waals surface area contributed by atoms with Crippen LogP contribution in [0.2, 0.25) is 0 Å². The molecule has 2 rings (SSSR count). The highest BCUT2D eigenvalue weighted by molar-refractivity contribution is 5.27. The van der Waals surface area contributed by atoms with Crippen molar-refractivity contribution in [2.45, 2.75) is 57.7 Å². The summed E-state index contributed by atoms with van der Waals surface area (Å²) < 4.78 is 5.80. The van der Waals surface area contributed by atoms with Gasteiger partial charge in [0.05, 0.1) is 6.10 Å². The maximum Gasteiger partial charge on any atom is 0.124 e. The van der Waals surface area contributed by atoms with Crippen molar-refractivity contribution in [3.05, 3.63) is 29.8 Å². The number of ether oxygens (including phenoxy) is 1. The Morgan fingerprint density at radius 3 is 2.59 bits per heavy atom. The fourth-order valence-corrected chi connectivity index (χ4v) is 2.33. The van der Waals surface area contributed by atoms with Crippen LogP contribution in [0.5, 0.6) is 5.75 Å². The minimum Gasteiger partial charge on any atom is -0.488 e. The van der Waals surface area contributed by atoms with E-state index in [0.717, 1.165) is 31.4 Å². The average Bonchev–Trinajstić information content (AvgIpc) is 2.74. The van der Waals surface area contributed by atoms with Gasteiger partial charge in [0.2, 0.25) is 0 Å².